The van der Waals surface area contributed by atoms with E-state index < -0.39 is 0 Å². The normalized spacial score (nSPS) is 29.1. The fourth-order valence-electron chi connectivity index (χ4n) is 1.91. The minimum atomic E-state index is 0.0567. The van der Waals surface area contributed by atoms with Gasteiger partial charge in [0.2, 0.25) is 5.91 Å². The summed E-state index contributed by atoms with van der Waals surface area (Å²) in [6.45, 7) is 4.09. The zero-order valence-corrected chi connectivity index (χ0v) is 8.55. The first-order valence-electron chi connectivity index (χ1n) is 5.17. The number of hydrogen-bond acceptors (Lipinski definition) is 1. The van der Waals surface area contributed by atoms with Crippen LogP contribution < -0.4 is 5.32 Å². The van der Waals surface area contributed by atoms with E-state index in [2.05, 4.69) is 12.2 Å². The van der Waals surface area contributed by atoms with Crippen molar-refractivity contribution < 1.29 is 4.79 Å². The summed E-state index contributed by atoms with van der Waals surface area (Å²) < 4.78 is 0. The molecule has 13 heavy (non-hydrogen) atoms. The molecule has 2 atom stereocenters. The third-order valence-corrected chi connectivity index (χ3v) is 2.76. The lowest BCUT2D eigenvalue weighted by atomic mass is 9.86. The third kappa shape index (κ3) is 3.21. The number of rotatable bonds is 2. The highest BCUT2D eigenvalue weighted by atomic mass is 16.1. The van der Waals surface area contributed by atoms with Crippen molar-refractivity contribution >= 4 is 5.91 Å². The topological polar surface area (TPSA) is 29.1 Å². The summed E-state index contributed by atoms with van der Waals surface area (Å²) in [4.78, 5) is 11.3. The Morgan fingerprint density at radius 3 is 2.69 bits per heavy atom. The Bertz CT molecular complexity index is 198. The van der Waals surface area contributed by atoms with E-state index in [0.717, 1.165) is 6.42 Å². The van der Waals surface area contributed by atoms with Gasteiger partial charge in [-0.25, -0.2) is 0 Å². The number of allylic oxidation sites excluding steroid dienone is 1. The van der Waals surface area contributed by atoms with Crippen molar-refractivity contribution in [2.45, 2.75) is 45.6 Å². The first-order valence-corrected chi connectivity index (χ1v) is 5.17. The highest BCUT2D eigenvalue weighted by Gasteiger charge is 2.21. The molecule has 0 bridgehead atoms. The van der Waals surface area contributed by atoms with E-state index in [0.29, 0.717) is 12.0 Å². The van der Waals surface area contributed by atoms with Crippen LogP contribution in [0.4, 0.5) is 0 Å². The van der Waals surface area contributed by atoms with Gasteiger partial charge in [-0.05, 0) is 31.8 Å². The van der Waals surface area contributed by atoms with Crippen molar-refractivity contribution in [3.63, 3.8) is 0 Å². The molecule has 0 aromatic rings. The van der Waals surface area contributed by atoms with E-state index in [9.17, 15) is 4.79 Å². The molecular formula is C11H19NO. The van der Waals surface area contributed by atoms with Crippen molar-refractivity contribution in [2.75, 3.05) is 0 Å². The van der Waals surface area contributed by atoms with Gasteiger partial charge in [0.15, 0.2) is 0 Å². The lowest BCUT2D eigenvalue weighted by Crippen LogP contribution is -2.40. The number of carbonyl (C=O) groups excluding carboxylic acids is 1. The molecule has 1 amide bonds. The molecule has 1 aliphatic carbocycles. The van der Waals surface area contributed by atoms with Crippen LogP contribution in [0.2, 0.25) is 0 Å². The zero-order chi connectivity index (χ0) is 9.68. The largest absolute Gasteiger partial charge is 0.350 e. The Morgan fingerprint density at radius 1 is 1.38 bits per heavy atom. The fourth-order valence-corrected chi connectivity index (χ4v) is 1.91. The summed E-state index contributed by atoms with van der Waals surface area (Å²) in [5.74, 6) is 0.698. The van der Waals surface area contributed by atoms with Gasteiger partial charge in [0.25, 0.3) is 0 Å². The first kappa shape index (κ1) is 10.3. The molecule has 2 unspecified atom stereocenters. The molecule has 0 aliphatic heterocycles. The second-order valence-corrected chi connectivity index (χ2v) is 3.88. The minimum absolute atomic E-state index is 0.0567. The molecule has 2 nitrogen and oxygen atoms in total. The van der Waals surface area contributed by atoms with Crippen molar-refractivity contribution in [1.82, 2.24) is 5.32 Å². The van der Waals surface area contributed by atoms with Crippen LogP contribution in [0.1, 0.15) is 39.5 Å². The number of amides is 1. The molecule has 2 heteroatoms. The van der Waals surface area contributed by atoms with Gasteiger partial charge in [0.1, 0.15) is 0 Å². The highest BCUT2D eigenvalue weighted by Crippen LogP contribution is 2.23. The Hall–Kier alpha value is -0.790. The molecule has 0 spiro atoms. The minimum Gasteiger partial charge on any atom is -0.350 e. The lowest BCUT2D eigenvalue weighted by molar-refractivity contribution is -0.117. The summed E-state index contributed by atoms with van der Waals surface area (Å²) in [7, 11) is 0. The Kier molecular flexibility index (Phi) is 4.00. The monoisotopic (exact) mass is 181 g/mol. The summed E-state index contributed by atoms with van der Waals surface area (Å²) in [5.41, 5.74) is 0. The smallest absolute Gasteiger partial charge is 0.243 e. The SMILES string of the molecule is C/C=C/C(=O)NC1CCCCC1C. The average Bonchev–Trinajstić information content (AvgIpc) is 2.09. The summed E-state index contributed by atoms with van der Waals surface area (Å²) in [5, 5.41) is 3.04. The molecule has 0 aromatic carbocycles. The van der Waals surface area contributed by atoms with E-state index in [-0.39, 0.29) is 5.91 Å². The number of carbonyl (C=O) groups is 1. The number of hydrogen-bond donors (Lipinski definition) is 1. The van der Waals surface area contributed by atoms with Crippen molar-refractivity contribution in [3.05, 3.63) is 12.2 Å². The van der Waals surface area contributed by atoms with Crippen molar-refractivity contribution in [1.29, 1.82) is 0 Å². The van der Waals surface area contributed by atoms with Crippen LogP contribution >= 0.6 is 0 Å². The van der Waals surface area contributed by atoms with Crippen molar-refractivity contribution in [3.8, 4) is 0 Å². The van der Waals surface area contributed by atoms with Crippen LogP contribution in [-0.2, 0) is 4.79 Å². The van der Waals surface area contributed by atoms with Gasteiger partial charge < -0.3 is 5.32 Å². The van der Waals surface area contributed by atoms with Gasteiger partial charge in [-0.1, -0.05) is 25.8 Å². The summed E-state index contributed by atoms with van der Waals surface area (Å²) in [6, 6.07) is 0.400. The van der Waals surface area contributed by atoms with Gasteiger partial charge in [-0.2, -0.15) is 0 Å². The molecule has 0 radical (unpaired) electrons. The Balaban J connectivity index is 2.37. The quantitative estimate of drug-likeness (QED) is 0.650. The molecule has 1 saturated carbocycles. The van der Waals surface area contributed by atoms with Gasteiger partial charge >= 0.3 is 0 Å². The Morgan fingerprint density at radius 2 is 2.08 bits per heavy atom. The standard InChI is InChI=1S/C11H19NO/c1-3-6-11(13)12-10-8-5-4-7-9(10)2/h3,6,9-10H,4-5,7-8H2,1-2H3,(H,12,13)/b6-3+. The zero-order valence-electron chi connectivity index (χ0n) is 8.55. The fraction of sp³-hybridized carbons (Fsp3) is 0.727. The van der Waals surface area contributed by atoms with Crippen LogP contribution in [0, 0.1) is 5.92 Å². The predicted octanol–water partition coefficient (Wildman–Crippen LogP) is 2.26. The third-order valence-electron chi connectivity index (χ3n) is 2.76. The lowest BCUT2D eigenvalue weighted by Gasteiger charge is -2.29. The molecule has 0 saturated heterocycles. The van der Waals surface area contributed by atoms with Gasteiger partial charge in [0.05, 0.1) is 0 Å². The van der Waals surface area contributed by atoms with Crippen LogP contribution in [0.25, 0.3) is 0 Å². The van der Waals surface area contributed by atoms with E-state index in [1.807, 2.05) is 6.92 Å². The maximum atomic E-state index is 11.3. The highest BCUT2D eigenvalue weighted by molar-refractivity contribution is 5.87. The number of nitrogens with one attached hydrogen (secondary N) is 1. The maximum absolute atomic E-state index is 11.3. The van der Waals surface area contributed by atoms with E-state index in [1.165, 1.54) is 19.3 Å². The molecule has 1 rings (SSSR count). The second-order valence-electron chi connectivity index (χ2n) is 3.88. The van der Waals surface area contributed by atoms with Gasteiger partial charge in [-0.3, -0.25) is 4.79 Å². The average molecular weight is 181 g/mol. The maximum Gasteiger partial charge on any atom is 0.243 e. The molecule has 0 aromatic heterocycles. The molecule has 1 aliphatic rings. The van der Waals surface area contributed by atoms with Crippen molar-refractivity contribution in [2.24, 2.45) is 5.92 Å². The summed E-state index contributed by atoms with van der Waals surface area (Å²) in [6.07, 6.45) is 8.34. The first-order chi connectivity index (χ1) is 6.24. The molecule has 0 heterocycles. The van der Waals surface area contributed by atoms with E-state index >= 15 is 0 Å². The van der Waals surface area contributed by atoms with Crippen LogP contribution in [-0.4, -0.2) is 11.9 Å². The van der Waals surface area contributed by atoms with Crippen LogP contribution in [0.3, 0.4) is 0 Å². The summed E-state index contributed by atoms with van der Waals surface area (Å²) >= 11 is 0. The van der Waals surface area contributed by atoms with Gasteiger partial charge in [-0.15, -0.1) is 0 Å². The van der Waals surface area contributed by atoms with Crippen LogP contribution in [0.15, 0.2) is 12.2 Å². The van der Waals surface area contributed by atoms with E-state index in [4.69, 9.17) is 0 Å². The Labute approximate surface area is 80.4 Å². The molecule has 1 N–H and O–H groups in total. The van der Waals surface area contributed by atoms with E-state index in [1.54, 1.807) is 12.2 Å². The molecular weight excluding hydrogens is 162 g/mol. The van der Waals surface area contributed by atoms with Gasteiger partial charge in [0, 0.05) is 6.04 Å². The molecule has 74 valence electrons. The molecule has 1 fully saturated rings. The van der Waals surface area contributed by atoms with Crippen LogP contribution in [0.5, 0.6) is 0 Å². The second kappa shape index (κ2) is 5.05. The predicted molar refractivity (Wildman–Crippen MR) is 54.4 cm³/mol.